The first-order valence-electron chi connectivity index (χ1n) is 7.65. The van der Waals surface area contributed by atoms with Crippen LogP contribution in [0.3, 0.4) is 0 Å². The van der Waals surface area contributed by atoms with Crippen LogP contribution >= 0.6 is 11.6 Å². The summed E-state index contributed by atoms with van der Waals surface area (Å²) in [5.41, 5.74) is 1.10. The molecule has 0 unspecified atom stereocenters. The number of anilines is 1. The number of carbonyl (C=O) groups excluding carboxylic acids is 3. The summed E-state index contributed by atoms with van der Waals surface area (Å²) >= 11 is 6.23. The predicted octanol–water partition coefficient (Wildman–Crippen LogP) is 2.96. The molecule has 1 amide bonds. The smallest absolute Gasteiger partial charge is 0.221 e. The molecule has 2 aliphatic rings. The third kappa shape index (κ3) is 2.77. The van der Waals surface area contributed by atoms with Gasteiger partial charge in [0.25, 0.3) is 0 Å². The quantitative estimate of drug-likeness (QED) is 0.904. The summed E-state index contributed by atoms with van der Waals surface area (Å²) < 4.78 is 0. The molecule has 1 heterocycles. The standard InChI is InChI=1S/C17H17ClN2O3/c1-10(21)19-12-7-5-6-11-13(12)17(23)15(14(18)16(11)22)20-8-3-2-4-9-20/h5-7H,2-4,8-9H2,1H3,(H,19,21). The molecule has 0 aromatic heterocycles. The van der Waals surface area contributed by atoms with E-state index in [4.69, 9.17) is 11.6 Å². The average Bonchev–Trinajstić information content (AvgIpc) is 2.53. The summed E-state index contributed by atoms with van der Waals surface area (Å²) in [6.45, 7) is 2.79. The van der Waals surface area contributed by atoms with E-state index in [1.54, 1.807) is 18.2 Å². The second kappa shape index (κ2) is 6.16. The number of allylic oxidation sites excluding steroid dienone is 2. The minimum atomic E-state index is -0.367. The fourth-order valence-electron chi connectivity index (χ4n) is 3.12. The van der Waals surface area contributed by atoms with Gasteiger partial charge >= 0.3 is 0 Å². The van der Waals surface area contributed by atoms with Crippen molar-refractivity contribution in [2.45, 2.75) is 26.2 Å². The number of halogens is 1. The van der Waals surface area contributed by atoms with Gasteiger partial charge in [0.2, 0.25) is 17.5 Å². The molecule has 1 aromatic carbocycles. The number of benzene rings is 1. The SMILES string of the molecule is CC(=O)Nc1cccc2c1C(=O)C(N1CCCCC1)=C(Cl)C2=O. The lowest BCUT2D eigenvalue weighted by molar-refractivity contribution is -0.114. The number of amides is 1. The van der Waals surface area contributed by atoms with Crippen molar-refractivity contribution in [1.82, 2.24) is 4.90 Å². The Morgan fingerprint density at radius 3 is 2.48 bits per heavy atom. The highest BCUT2D eigenvalue weighted by atomic mass is 35.5. The zero-order valence-electron chi connectivity index (χ0n) is 12.8. The molecule has 0 bridgehead atoms. The molecular formula is C17H17ClN2O3. The molecule has 0 atom stereocenters. The lowest BCUT2D eigenvalue weighted by Gasteiger charge is -2.33. The van der Waals surface area contributed by atoms with Crippen molar-refractivity contribution in [1.29, 1.82) is 0 Å². The second-order valence-electron chi connectivity index (χ2n) is 5.78. The zero-order chi connectivity index (χ0) is 16.6. The van der Waals surface area contributed by atoms with Gasteiger partial charge in [-0.05, 0) is 25.3 Å². The van der Waals surface area contributed by atoms with Crippen LogP contribution in [0.1, 0.15) is 46.9 Å². The van der Waals surface area contributed by atoms with Crippen molar-refractivity contribution in [2.75, 3.05) is 18.4 Å². The molecule has 120 valence electrons. The number of ketones is 2. The fraction of sp³-hybridized carbons (Fsp3) is 0.353. The Morgan fingerprint density at radius 2 is 1.83 bits per heavy atom. The third-order valence-electron chi connectivity index (χ3n) is 4.14. The number of hydrogen-bond acceptors (Lipinski definition) is 4. The monoisotopic (exact) mass is 332 g/mol. The van der Waals surface area contributed by atoms with Crippen molar-refractivity contribution in [3.63, 3.8) is 0 Å². The molecule has 1 fully saturated rings. The van der Waals surface area contributed by atoms with Gasteiger partial charge in [-0.1, -0.05) is 23.7 Å². The fourth-order valence-corrected chi connectivity index (χ4v) is 3.43. The topological polar surface area (TPSA) is 66.5 Å². The first-order valence-corrected chi connectivity index (χ1v) is 8.03. The van der Waals surface area contributed by atoms with E-state index >= 15 is 0 Å². The maximum atomic E-state index is 13.0. The van der Waals surface area contributed by atoms with E-state index < -0.39 is 0 Å². The van der Waals surface area contributed by atoms with Crippen molar-refractivity contribution in [3.05, 3.63) is 40.1 Å². The number of fused-ring (bicyclic) bond motifs is 1. The minimum Gasteiger partial charge on any atom is -0.367 e. The van der Waals surface area contributed by atoms with Crippen LogP contribution in [0.25, 0.3) is 0 Å². The summed E-state index contributed by atoms with van der Waals surface area (Å²) in [5, 5.41) is 2.60. The van der Waals surface area contributed by atoms with E-state index in [9.17, 15) is 14.4 Å². The van der Waals surface area contributed by atoms with E-state index in [0.29, 0.717) is 18.8 Å². The summed E-state index contributed by atoms with van der Waals surface area (Å²) in [4.78, 5) is 38.8. The third-order valence-corrected chi connectivity index (χ3v) is 4.49. The molecule has 1 saturated heterocycles. The lowest BCUT2D eigenvalue weighted by Crippen LogP contribution is -2.37. The maximum absolute atomic E-state index is 13.0. The largest absolute Gasteiger partial charge is 0.367 e. The Kier molecular flexibility index (Phi) is 4.22. The van der Waals surface area contributed by atoms with Gasteiger partial charge in [-0.3, -0.25) is 14.4 Å². The molecular weight excluding hydrogens is 316 g/mol. The van der Waals surface area contributed by atoms with Crippen LogP contribution in [0.15, 0.2) is 28.9 Å². The number of likely N-dealkylation sites (tertiary alicyclic amines) is 1. The van der Waals surface area contributed by atoms with Crippen molar-refractivity contribution >= 4 is 34.8 Å². The molecule has 0 saturated carbocycles. The van der Waals surface area contributed by atoms with Gasteiger partial charge in [0.15, 0.2) is 0 Å². The van der Waals surface area contributed by atoms with Gasteiger partial charge in [-0.2, -0.15) is 0 Å². The Balaban J connectivity index is 2.10. The molecule has 5 nitrogen and oxygen atoms in total. The van der Waals surface area contributed by atoms with Gasteiger partial charge in [0.05, 0.1) is 11.3 Å². The number of hydrogen-bond donors (Lipinski definition) is 1. The highest BCUT2D eigenvalue weighted by Gasteiger charge is 2.36. The highest BCUT2D eigenvalue weighted by Crippen LogP contribution is 2.35. The maximum Gasteiger partial charge on any atom is 0.221 e. The van der Waals surface area contributed by atoms with Crippen LogP contribution in [-0.4, -0.2) is 35.5 Å². The zero-order valence-corrected chi connectivity index (χ0v) is 13.6. The van der Waals surface area contributed by atoms with E-state index in [0.717, 1.165) is 19.3 Å². The Hall–Kier alpha value is -2.14. The van der Waals surface area contributed by atoms with Gasteiger partial charge in [0.1, 0.15) is 10.7 Å². The lowest BCUT2D eigenvalue weighted by atomic mass is 9.89. The van der Waals surface area contributed by atoms with Crippen LogP contribution < -0.4 is 5.32 Å². The first kappa shape index (κ1) is 15.7. The Bertz CT molecular complexity index is 733. The molecule has 1 N–H and O–H groups in total. The van der Waals surface area contributed by atoms with Crippen LogP contribution in [0.2, 0.25) is 0 Å². The van der Waals surface area contributed by atoms with Gasteiger partial charge in [-0.25, -0.2) is 0 Å². The predicted molar refractivity (Wildman–Crippen MR) is 87.7 cm³/mol. The molecule has 23 heavy (non-hydrogen) atoms. The average molecular weight is 333 g/mol. The number of nitrogens with zero attached hydrogens (tertiary/aromatic N) is 1. The summed E-state index contributed by atoms with van der Waals surface area (Å²) in [6.07, 6.45) is 3.04. The highest BCUT2D eigenvalue weighted by molar-refractivity contribution is 6.50. The molecule has 1 aromatic rings. The van der Waals surface area contributed by atoms with Crippen LogP contribution in [0.4, 0.5) is 5.69 Å². The van der Waals surface area contributed by atoms with Gasteiger partial charge in [-0.15, -0.1) is 0 Å². The number of rotatable bonds is 2. The van der Waals surface area contributed by atoms with Gasteiger partial charge < -0.3 is 10.2 Å². The first-order chi connectivity index (χ1) is 11.0. The minimum absolute atomic E-state index is 0.0237. The molecule has 1 aliphatic heterocycles. The van der Waals surface area contributed by atoms with E-state index in [1.807, 2.05) is 4.90 Å². The van der Waals surface area contributed by atoms with E-state index in [1.165, 1.54) is 6.92 Å². The van der Waals surface area contributed by atoms with Crippen LogP contribution in [0.5, 0.6) is 0 Å². The molecule has 6 heteroatoms. The van der Waals surface area contributed by atoms with E-state index in [-0.39, 0.29) is 39.3 Å². The van der Waals surface area contributed by atoms with Crippen molar-refractivity contribution in [2.24, 2.45) is 0 Å². The van der Waals surface area contributed by atoms with Crippen molar-refractivity contribution < 1.29 is 14.4 Å². The van der Waals surface area contributed by atoms with Crippen LogP contribution in [0, 0.1) is 0 Å². The normalized spacial score (nSPS) is 18.1. The van der Waals surface area contributed by atoms with Crippen LogP contribution in [-0.2, 0) is 4.79 Å². The molecule has 0 radical (unpaired) electrons. The van der Waals surface area contributed by atoms with Crippen molar-refractivity contribution in [3.8, 4) is 0 Å². The second-order valence-corrected chi connectivity index (χ2v) is 6.16. The number of carbonyl (C=O) groups is 3. The molecule has 1 aliphatic carbocycles. The molecule has 3 rings (SSSR count). The number of piperidine rings is 1. The van der Waals surface area contributed by atoms with Gasteiger partial charge in [0, 0.05) is 25.6 Å². The van der Waals surface area contributed by atoms with E-state index in [2.05, 4.69) is 5.32 Å². The molecule has 0 spiro atoms. The summed E-state index contributed by atoms with van der Waals surface area (Å²) in [5.74, 6) is -0.955. The Labute approximate surface area is 139 Å². The summed E-state index contributed by atoms with van der Waals surface area (Å²) in [6, 6.07) is 4.82. The Morgan fingerprint density at radius 1 is 1.13 bits per heavy atom. The summed E-state index contributed by atoms with van der Waals surface area (Å²) in [7, 11) is 0. The number of Topliss-reactive ketones (excluding diaryl/α,β-unsaturated/α-hetero) is 2. The number of nitrogens with one attached hydrogen (secondary N) is 1.